The van der Waals surface area contributed by atoms with Crippen LogP contribution in [0.25, 0.3) is 11.5 Å². The van der Waals surface area contributed by atoms with E-state index in [1.807, 2.05) is 0 Å². The van der Waals surface area contributed by atoms with Gasteiger partial charge < -0.3 is 14.8 Å². The molecule has 0 aliphatic rings. The molecule has 0 amide bonds. The number of carboxylic acids is 1. The molecule has 9 heteroatoms. The van der Waals surface area contributed by atoms with Crippen LogP contribution in [0.3, 0.4) is 0 Å². The molecule has 26 heavy (non-hydrogen) atoms. The Bertz CT molecular complexity index is 907. The number of carboxylic acid groups (broad SMARTS) is 1. The lowest BCUT2D eigenvalue weighted by Crippen LogP contribution is -2.12. The summed E-state index contributed by atoms with van der Waals surface area (Å²) in [7, 11) is 0. The van der Waals surface area contributed by atoms with Crippen molar-refractivity contribution in [1.82, 2.24) is 9.97 Å². The highest BCUT2D eigenvalue weighted by molar-refractivity contribution is 5.87. The van der Waals surface area contributed by atoms with Gasteiger partial charge in [0, 0.05) is 6.54 Å². The van der Waals surface area contributed by atoms with Crippen LogP contribution in [0.15, 0.2) is 53.1 Å². The molecular weight excluding hydrogens is 351 g/mol. The van der Waals surface area contributed by atoms with Gasteiger partial charge in [-0.15, -0.1) is 0 Å². The molecule has 2 aromatic heterocycles. The van der Waals surface area contributed by atoms with Gasteiger partial charge in [0.25, 0.3) is 0 Å². The van der Waals surface area contributed by atoms with Gasteiger partial charge in [-0.05, 0) is 35.9 Å². The zero-order chi connectivity index (χ0) is 18.7. The van der Waals surface area contributed by atoms with E-state index in [0.29, 0.717) is 5.56 Å². The summed E-state index contributed by atoms with van der Waals surface area (Å²) in [6, 6.07) is 9.76. The molecule has 134 valence electrons. The average molecular weight is 363 g/mol. The van der Waals surface area contributed by atoms with Crippen molar-refractivity contribution in [2.45, 2.75) is 12.7 Å². The first-order chi connectivity index (χ1) is 12.3. The number of nitrogens with zero attached hydrogens (tertiary/aromatic N) is 2. The van der Waals surface area contributed by atoms with Crippen LogP contribution < -0.4 is 5.32 Å². The number of anilines is 1. The van der Waals surface area contributed by atoms with Crippen molar-refractivity contribution < 1.29 is 27.5 Å². The fourth-order valence-electron chi connectivity index (χ4n) is 2.17. The second kappa shape index (κ2) is 6.87. The molecule has 1 aromatic carbocycles. The number of aromatic carboxylic acids is 1. The standard InChI is InChI=1S/C17H12F3N3O3/c18-17(19,20)14-8-12(13-2-1-7-26-13)22-16(23-14)21-9-10-3-5-11(6-4-10)15(24)25/h1-8H,9H2,(H,24,25)(H,21,22,23). The Hall–Kier alpha value is -3.36. The van der Waals surface area contributed by atoms with Crippen LogP contribution >= 0.6 is 0 Å². The second-order valence-electron chi connectivity index (χ2n) is 5.29. The van der Waals surface area contributed by atoms with Crippen LogP contribution in [0, 0.1) is 0 Å². The largest absolute Gasteiger partial charge is 0.478 e. The highest BCUT2D eigenvalue weighted by Crippen LogP contribution is 2.31. The highest BCUT2D eigenvalue weighted by Gasteiger charge is 2.34. The van der Waals surface area contributed by atoms with Crippen LogP contribution in [0.2, 0.25) is 0 Å². The van der Waals surface area contributed by atoms with Crippen LogP contribution in [-0.4, -0.2) is 21.0 Å². The van der Waals surface area contributed by atoms with E-state index in [0.717, 1.165) is 6.07 Å². The van der Waals surface area contributed by atoms with Crippen LogP contribution in [0.1, 0.15) is 21.6 Å². The molecule has 0 atom stereocenters. The number of aromatic nitrogens is 2. The van der Waals surface area contributed by atoms with Gasteiger partial charge >= 0.3 is 12.1 Å². The molecule has 0 aliphatic carbocycles. The zero-order valence-corrected chi connectivity index (χ0v) is 13.1. The van der Waals surface area contributed by atoms with Crippen LogP contribution in [-0.2, 0) is 12.7 Å². The minimum atomic E-state index is -4.64. The summed E-state index contributed by atoms with van der Waals surface area (Å²) in [4.78, 5) is 18.4. The molecule has 3 rings (SSSR count). The maximum atomic E-state index is 13.1. The summed E-state index contributed by atoms with van der Waals surface area (Å²) in [5.74, 6) is -1.09. The Balaban J connectivity index is 1.84. The lowest BCUT2D eigenvalue weighted by Gasteiger charge is -2.11. The van der Waals surface area contributed by atoms with E-state index in [1.54, 1.807) is 18.2 Å². The Kier molecular flexibility index (Phi) is 4.61. The van der Waals surface area contributed by atoms with Gasteiger partial charge in [-0.1, -0.05) is 12.1 Å². The van der Waals surface area contributed by atoms with E-state index in [-0.39, 0.29) is 29.5 Å². The minimum Gasteiger partial charge on any atom is -0.478 e. The lowest BCUT2D eigenvalue weighted by atomic mass is 10.1. The number of nitrogens with one attached hydrogen (secondary N) is 1. The van der Waals surface area contributed by atoms with E-state index in [1.165, 1.54) is 24.5 Å². The lowest BCUT2D eigenvalue weighted by molar-refractivity contribution is -0.141. The van der Waals surface area contributed by atoms with Gasteiger partial charge in [0.15, 0.2) is 11.5 Å². The van der Waals surface area contributed by atoms with Crippen molar-refractivity contribution in [2.75, 3.05) is 5.32 Å². The van der Waals surface area contributed by atoms with Gasteiger partial charge in [0.05, 0.1) is 11.8 Å². The monoisotopic (exact) mass is 363 g/mol. The van der Waals surface area contributed by atoms with E-state index in [9.17, 15) is 18.0 Å². The van der Waals surface area contributed by atoms with Crippen molar-refractivity contribution in [1.29, 1.82) is 0 Å². The van der Waals surface area contributed by atoms with E-state index < -0.39 is 17.8 Å². The van der Waals surface area contributed by atoms with Gasteiger partial charge in [-0.2, -0.15) is 13.2 Å². The summed E-state index contributed by atoms with van der Waals surface area (Å²) in [6.45, 7) is 0.124. The van der Waals surface area contributed by atoms with Crippen molar-refractivity contribution in [3.8, 4) is 11.5 Å². The molecule has 0 bridgehead atoms. The van der Waals surface area contributed by atoms with E-state index in [4.69, 9.17) is 9.52 Å². The number of hydrogen-bond acceptors (Lipinski definition) is 5. The van der Waals surface area contributed by atoms with Gasteiger partial charge in [-0.25, -0.2) is 14.8 Å². The number of hydrogen-bond donors (Lipinski definition) is 2. The number of halogens is 3. The molecule has 6 nitrogen and oxygen atoms in total. The number of carbonyl (C=O) groups is 1. The molecular formula is C17H12F3N3O3. The average Bonchev–Trinajstić information content (AvgIpc) is 3.14. The molecule has 2 heterocycles. The Labute approximate surface area is 145 Å². The van der Waals surface area contributed by atoms with E-state index >= 15 is 0 Å². The molecule has 0 aliphatic heterocycles. The number of rotatable bonds is 5. The van der Waals surface area contributed by atoms with Crippen LogP contribution in [0.4, 0.5) is 19.1 Å². The molecule has 0 spiro atoms. The second-order valence-corrected chi connectivity index (χ2v) is 5.29. The maximum absolute atomic E-state index is 13.1. The first-order valence-corrected chi connectivity index (χ1v) is 7.39. The molecule has 2 N–H and O–H groups in total. The van der Waals surface area contributed by atoms with E-state index in [2.05, 4.69) is 15.3 Å². The fourth-order valence-corrected chi connectivity index (χ4v) is 2.17. The third kappa shape index (κ3) is 4.00. The number of furan rings is 1. The summed E-state index contributed by atoms with van der Waals surface area (Å²) in [6.07, 6.45) is -3.30. The Morgan fingerprint density at radius 3 is 2.46 bits per heavy atom. The van der Waals surface area contributed by atoms with Crippen molar-refractivity contribution in [3.05, 3.63) is 65.5 Å². The summed E-state index contributed by atoms with van der Waals surface area (Å²) < 4.78 is 44.3. The molecule has 0 fully saturated rings. The Morgan fingerprint density at radius 2 is 1.88 bits per heavy atom. The minimum absolute atomic E-state index is 0.000972. The first kappa shape index (κ1) is 17.5. The SMILES string of the molecule is O=C(O)c1ccc(CNc2nc(-c3ccco3)cc(C(F)(F)F)n2)cc1. The zero-order valence-electron chi connectivity index (χ0n) is 13.1. The van der Waals surface area contributed by atoms with Gasteiger partial charge in [0.2, 0.25) is 5.95 Å². The first-order valence-electron chi connectivity index (χ1n) is 7.39. The molecule has 3 aromatic rings. The highest BCUT2D eigenvalue weighted by atomic mass is 19.4. The number of benzene rings is 1. The summed E-state index contributed by atoms with van der Waals surface area (Å²) >= 11 is 0. The molecule has 0 unspecified atom stereocenters. The third-order valence-corrected chi connectivity index (χ3v) is 3.44. The predicted molar refractivity (Wildman–Crippen MR) is 85.5 cm³/mol. The quantitative estimate of drug-likeness (QED) is 0.711. The van der Waals surface area contributed by atoms with Crippen molar-refractivity contribution in [3.63, 3.8) is 0 Å². The fraction of sp³-hybridized carbons (Fsp3) is 0.118. The summed E-state index contributed by atoms with van der Waals surface area (Å²) in [5, 5.41) is 11.6. The molecule has 0 radical (unpaired) electrons. The van der Waals surface area contributed by atoms with Crippen LogP contribution in [0.5, 0.6) is 0 Å². The third-order valence-electron chi connectivity index (χ3n) is 3.44. The predicted octanol–water partition coefficient (Wildman–Crippen LogP) is 4.07. The van der Waals surface area contributed by atoms with Crippen molar-refractivity contribution >= 4 is 11.9 Å². The topological polar surface area (TPSA) is 88.2 Å². The number of alkyl halides is 3. The molecule has 0 saturated heterocycles. The molecule has 0 saturated carbocycles. The summed E-state index contributed by atoms with van der Waals surface area (Å²) in [5.41, 5.74) is -0.316. The smallest absolute Gasteiger partial charge is 0.433 e. The van der Waals surface area contributed by atoms with Gasteiger partial charge in [-0.3, -0.25) is 0 Å². The Morgan fingerprint density at radius 1 is 1.15 bits per heavy atom. The normalized spacial score (nSPS) is 11.3. The van der Waals surface area contributed by atoms with Crippen molar-refractivity contribution in [2.24, 2.45) is 0 Å². The van der Waals surface area contributed by atoms with Gasteiger partial charge in [0.1, 0.15) is 5.69 Å². The maximum Gasteiger partial charge on any atom is 0.433 e.